The fraction of sp³-hybridized carbons (Fsp3) is 0.316. The lowest BCUT2D eigenvalue weighted by molar-refractivity contribution is 0.383. The van der Waals surface area contributed by atoms with Gasteiger partial charge in [-0.05, 0) is 12.5 Å². The molecule has 3 rings (SSSR count). The van der Waals surface area contributed by atoms with Crippen molar-refractivity contribution in [3.05, 3.63) is 54.4 Å². The maximum absolute atomic E-state index is 5.46. The molecule has 0 aliphatic rings. The Morgan fingerprint density at radius 3 is 2.60 bits per heavy atom. The van der Waals surface area contributed by atoms with Crippen molar-refractivity contribution in [1.29, 1.82) is 0 Å². The molecule has 0 radical (unpaired) electrons. The summed E-state index contributed by atoms with van der Waals surface area (Å²) in [6.45, 7) is 0.880. The normalized spacial score (nSPS) is 10.7. The van der Waals surface area contributed by atoms with E-state index in [1.165, 1.54) is 0 Å². The van der Waals surface area contributed by atoms with E-state index in [2.05, 4.69) is 20.0 Å². The Hall–Kier alpha value is -2.89. The molecular formula is C19H23N5O. The van der Waals surface area contributed by atoms with Crippen LogP contribution in [0.25, 0.3) is 11.3 Å². The fourth-order valence-electron chi connectivity index (χ4n) is 2.55. The van der Waals surface area contributed by atoms with Crippen LogP contribution in [0.2, 0.25) is 0 Å². The molecule has 0 aliphatic heterocycles. The number of benzene rings is 1. The van der Waals surface area contributed by atoms with Crippen LogP contribution in [-0.2, 0) is 6.42 Å². The van der Waals surface area contributed by atoms with Gasteiger partial charge in [0, 0.05) is 51.9 Å². The lowest BCUT2D eigenvalue weighted by Crippen LogP contribution is -2.22. The molecule has 2 aromatic heterocycles. The van der Waals surface area contributed by atoms with Crippen molar-refractivity contribution in [2.75, 3.05) is 37.5 Å². The number of aromatic nitrogens is 3. The van der Waals surface area contributed by atoms with Crippen molar-refractivity contribution in [1.82, 2.24) is 15.1 Å². The first kappa shape index (κ1) is 17.0. The molecule has 0 bridgehead atoms. The summed E-state index contributed by atoms with van der Waals surface area (Å²) in [5, 5.41) is 4.16. The summed E-state index contributed by atoms with van der Waals surface area (Å²) in [5.74, 6) is 2.54. The van der Waals surface area contributed by atoms with E-state index in [4.69, 9.17) is 4.52 Å². The minimum absolute atomic E-state index is 0.715. The molecule has 130 valence electrons. The highest BCUT2D eigenvalue weighted by molar-refractivity contribution is 5.58. The molecule has 0 N–H and O–H groups in total. The highest BCUT2D eigenvalue weighted by Crippen LogP contribution is 2.19. The van der Waals surface area contributed by atoms with Gasteiger partial charge in [0.2, 0.25) is 5.95 Å². The van der Waals surface area contributed by atoms with E-state index < -0.39 is 0 Å². The summed E-state index contributed by atoms with van der Waals surface area (Å²) in [7, 11) is 5.91. The van der Waals surface area contributed by atoms with Gasteiger partial charge in [-0.25, -0.2) is 4.98 Å². The van der Waals surface area contributed by atoms with E-state index in [1.807, 2.05) is 68.5 Å². The van der Waals surface area contributed by atoms with Crippen molar-refractivity contribution in [2.24, 2.45) is 0 Å². The third kappa shape index (κ3) is 4.35. The topological polar surface area (TPSA) is 58.3 Å². The fourth-order valence-corrected chi connectivity index (χ4v) is 2.55. The molecule has 0 atom stereocenters. The van der Waals surface area contributed by atoms with Gasteiger partial charge in [-0.1, -0.05) is 35.5 Å². The molecule has 6 heteroatoms. The molecule has 0 saturated carbocycles. The van der Waals surface area contributed by atoms with Crippen LogP contribution in [0.3, 0.4) is 0 Å². The molecule has 0 spiro atoms. The maximum Gasteiger partial charge on any atom is 0.226 e. The van der Waals surface area contributed by atoms with Crippen LogP contribution in [-0.4, -0.2) is 42.8 Å². The van der Waals surface area contributed by atoms with Gasteiger partial charge in [-0.15, -0.1) is 0 Å². The molecule has 0 aliphatic carbocycles. The minimum Gasteiger partial charge on any atom is -0.361 e. The number of anilines is 2. The zero-order valence-electron chi connectivity index (χ0n) is 14.9. The lowest BCUT2D eigenvalue weighted by Gasteiger charge is -2.19. The summed E-state index contributed by atoms with van der Waals surface area (Å²) in [5.41, 5.74) is 1.96. The third-order valence-electron chi connectivity index (χ3n) is 3.96. The highest BCUT2D eigenvalue weighted by Gasteiger charge is 2.09. The molecule has 1 aromatic carbocycles. The summed E-state index contributed by atoms with van der Waals surface area (Å²) in [6, 6.07) is 14.0. The van der Waals surface area contributed by atoms with E-state index in [-0.39, 0.29) is 0 Å². The molecule has 0 saturated heterocycles. The summed E-state index contributed by atoms with van der Waals surface area (Å²) >= 11 is 0. The minimum atomic E-state index is 0.715. The van der Waals surface area contributed by atoms with Crippen LogP contribution >= 0.6 is 0 Å². The van der Waals surface area contributed by atoms with E-state index in [1.54, 1.807) is 6.20 Å². The Labute approximate surface area is 148 Å². The van der Waals surface area contributed by atoms with Crippen molar-refractivity contribution >= 4 is 11.8 Å². The maximum atomic E-state index is 5.46. The van der Waals surface area contributed by atoms with E-state index in [0.29, 0.717) is 5.95 Å². The lowest BCUT2D eigenvalue weighted by atomic mass is 10.1. The number of rotatable bonds is 7. The van der Waals surface area contributed by atoms with Crippen LogP contribution in [0.1, 0.15) is 12.2 Å². The predicted molar refractivity (Wildman–Crippen MR) is 99.9 cm³/mol. The highest BCUT2D eigenvalue weighted by atomic mass is 16.5. The quantitative estimate of drug-likeness (QED) is 0.659. The second-order valence-corrected chi connectivity index (χ2v) is 6.18. The SMILES string of the molecule is CN(C)c1nccc(N(C)CCCc2cc(-c3ccccc3)no2)n1. The molecule has 3 aromatic rings. The van der Waals surface area contributed by atoms with Gasteiger partial charge in [0.1, 0.15) is 17.3 Å². The second-order valence-electron chi connectivity index (χ2n) is 6.18. The summed E-state index contributed by atoms with van der Waals surface area (Å²) in [6.07, 6.45) is 3.59. The van der Waals surface area contributed by atoms with Gasteiger partial charge in [0.15, 0.2) is 0 Å². The second kappa shape index (κ2) is 7.79. The number of hydrogen-bond acceptors (Lipinski definition) is 6. The Morgan fingerprint density at radius 1 is 1.04 bits per heavy atom. The average Bonchev–Trinajstić information content (AvgIpc) is 3.11. The Balaban J connectivity index is 1.54. The number of aryl methyl sites for hydroxylation is 1. The molecule has 25 heavy (non-hydrogen) atoms. The zero-order chi connectivity index (χ0) is 17.6. The van der Waals surface area contributed by atoms with Crippen LogP contribution in [0, 0.1) is 0 Å². The molecule has 0 amide bonds. The van der Waals surface area contributed by atoms with Gasteiger partial charge in [-0.2, -0.15) is 4.98 Å². The molecule has 0 unspecified atom stereocenters. The smallest absolute Gasteiger partial charge is 0.226 e. The van der Waals surface area contributed by atoms with Crippen molar-refractivity contribution < 1.29 is 4.52 Å². The van der Waals surface area contributed by atoms with Gasteiger partial charge in [0.25, 0.3) is 0 Å². The van der Waals surface area contributed by atoms with Gasteiger partial charge < -0.3 is 14.3 Å². The molecule has 6 nitrogen and oxygen atoms in total. The standard InChI is InChI=1S/C19H23N5O/c1-23(2)19-20-12-11-18(21-19)24(3)13-7-10-16-14-17(22-25-16)15-8-5-4-6-9-15/h4-6,8-9,11-12,14H,7,10,13H2,1-3H3. The number of hydrogen-bond donors (Lipinski definition) is 0. The Kier molecular flexibility index (Phi) is 5.28. The average molecular weight is 337 g/mol. The van der Waals surface area contributed by atoms with Crippen molar-refractivity contribution in [3.63, 3.8) is 0 Å². The van der Waals surface area contributed by atoms with Gasteiger partial charge in [0.05, 0.1) is 0 Å². The Morgan fingerprint density at radius 2 is 1.84 bits per heavy atom. The summed E-state index contributed by atoms with van der Waals surface area (Å²) < 4.78 is 5.46. The molecule has 2 heterocycles. The largest absolute Gasteiger partial charge is 0.361 e. The predicted octanol–water partition coefficient (Wildman–Crippen LogP) is 3.27. The molecular weight excluding hydrogens is 314 g/mol. The molecule has 0 fully saturated rings. The first-order chi connectivity index (χ1) is 12.1. The van der Waals surface area contributed by atoms with Crippen LogP contribution in [0.4, 0.5) is 11.8 Å². The third-order valence-corrected chi connectivity index (χ3v) is 3.96. The van der Waals surface area contributed by atoms with Crippen LogP contribution < -0.4 is 9.80 Å². The van der Waals surface area contributed by atoms with Gasteiger partial charge in [-0.3, -0.25) is 0 Å². The first-order valence-electron chi connectivity index (χ1n) is 8.36. The van der Waals surface area contributed by atoms with Crippen molar-refractivity contribution in [3.8, 4) is 11.3 Å². The van der Waals surface area contributed by atoms with Crippen LogP contribution in [0.15, 0.2) is 53.2 Å². The number of nitrogens with zero attached hydrogens (tertiary/aromatic N) is 5. The first-order valence-corrected chi connectivity index (χ1v) is 8.36. The van der Waals surface area contributed by atoms with Crippen LogP contribution in [0.5, 0.6) is 0 Å². The van der Waals surface area contributed by atoms with E-state index >= 15 is 0 Å². The Bertz CT molecular complexity index is 800. The van der Waals surface area contributed by atoms with Crippen molar-refractivity contribution in [2.45, 2.75) is 12.8 Å². The monoisotopic (exact) mass is 337 g/mol. The van der Waals surface area contributed by atoms with Gasteiger partial charge >= 0.3 is 0 Å². The summed E-state index contributed by atoms with van der Waals surface area (Å²) in [4.78, 5) is 12.8. The van der Waals surface area contributed by atoms with E-state index in [0.717, 1.165) is 42.2 Å². The van der Waals surface area contributed by atoms with E-state index in [9.17, 15) is 0 Å². The zero-order valence-corrected chi connectivity index (χ0v) is 14.9.